The maximum atomic E-state index is 2.77. The lowest BCUT2D eigenvalue weighted by molar-refractivity contribution is 0.590. The van der Waals surface area contributed by atoms with Crippen LogP contribution in [0.2, 0.25) is 0 Å². The molecular formula is C122H120BN5S. The largest absolute Gasteiger partial charge is 0.310 e. The Morgan fingerprint density at radius 1 is 0.209 bits per heavy atom. The molecule has 5 nitrogen and oxygen atoms in total. The molecule has 0 aliphatic carbocycles. The molecule has 2 aliphatic rings. The third-order valence-corrected chi connectivity index (χ3v) is 29.7. The Hall–Kier alpha value is -12.4. The highest BCUT2D eigenvalue weighted by Crippen LogP contribution is 2.56. The van der Waals surface area contributed by atoms with Crippen LogP contribution in [0.3, 0.4) is 0 Å². The second kappa shape index (κ2) is 29.0. The Labute approximate surface area is 767 Å². The molecule has 0 spiro atoms. The fourth-order valence-corrected chi connectivity index (χ4v) is 22.2. The normalized spacial score (nSPS) is 13.7. The molecule has 0 radical (unpaired) electrons. The molecule has 6 heterocycles. The topological polar surface area (TPSA) is 21.3 Å². The highest BCUT2D eigenvalue weighted by atomic mass is 32.1. The summed E-state index contributed by atoms with van der Waals surface area (Å²) in [5.74, 6) is 0. The van der Waals surface area contributed by atoms with E-state index in [4.69, 9.17) is 0 Å². The van der Waals surface area contributed by atoms with Crippen LogP contribution < -0.4 is 26.2 Å². The van der Waals surface area contributed by atoms with Crippen LogP contribution in [-0.4, -0.2) is 20.4 Å². The van der Waals surface area contributed by atoms with Gasteiger partial charge in [-0.3, -0.25) is 0 Å². The molecule has 0 amide bonds. The summed E-state index contributed by atoms with van der Waals surface area (Å²) in [6.07, 6.45) is 0. The van der Waals surface area contributed by atoms with Crippen molar-refractivity contribution in [2.75, 3.05) is 9.80 Å². The molecule has 0 unspecified atom stereocenters. The SMILES string of the molecule is CC(C)(C)c1cccc(-c2ccc3c(c2)N(c2c(-c4ccccc4)cc(C(C)(C)C)cc2-c2ccccc2)c2cc(-n4c5ccc(C(C)(C)C)cc5c5cc(C(C)(C)C)ccc54)cc4c2B3c2ccc(-n3c5ccc(C(C)(C)C)cc5c5cc(C(C)(C)C)ccc53)cc2N4c2cccc3c2sc2c(-n4c5ccc(C(C)(C)C)cc5c5cc(C(C)(C)C)ccc54)cccc23)c1. The Bertz CT molecular complexity index is 7600. The maximum absolute atomic E-state index is 2.77. The van der Waals surface area contributed by atoms with Crippen molar-refractivity contribution in [1.29, 1.82) is 0 Å². The van der Waals surface area contributed by atoms with Crippen LogP contribution in [0.15, 0.2) is 291 Å². The zero-order valence-corrected chi connectivity index (χ0v) is 80.8. The molecule has 2 aliphatic heterocycles. The predicted octanol–water partition coefficient (Wildman–Crippen LogP) is 32.8. The van der Waals surface area contributed by atoms with Gasteiger partial charge in [0.05, 0.1) is 65.2 Å². The number of aromatic nitrogens is 3. The van der Waals surface area contributed by atoms with Gasteiger partial charge < -0.3 is 23.5 Å². The number of rotatable bonds is 8. The van der Waals surface area contributed by atoms with E-state index in [9.17, 15) is 0 Å². The van der Waals surface area contributed by atoms with Gasteiger partial charge in [-0.25, -0.2) is 0 Å². The van der Waals surface area contributed by atoms with Gasteiger partial charge in [-0.15, -0.1) is 11.3 Å². The number of fused-ring (bicyclic) bond motifs is 16. The molecule has 129 heavy (non-hydrogen) atoms. The van der Waals surface area contributed by atoms with E-state index in [1.165, 1.54) is 158 Å². The Kier molecular flexibility index (Phi) is 18.8. The van der Waals surface area contributed by atoms with Crippen LogP contribution in [0.25, 0.3) is 136 Å². The molecule has 0 saturated heterocycles. The van der Waals surface area contributed by atoms with E-state index in [1.807, 2.05) is 11.3 Å². The quantitative estimate of drug-likeness (QED) is 0.141. The van der Waals surface area contributed by atoms with E-state index in [0.29, 0.717) is 0 Å². The predicted molar refractivity (Wildman–Crippen MR) is 562 cm³/mol. The lowest BCUT2D eigenvalue weighted by Gasteiger charge is -2.45. The van der Waals surface area contributed by atoms with Crippen molar-refractivity contribution in [2.24, 2.45) is 0 Å². The number of hydrogen-bond acceptors (Lipinski definition) is 3. The zero-order chi connectivity index (χ0) is 90.4. The second-order valence-electron chi connectivity index (χ2n) is 45.6. The molecular weight excluding hydrogens is 1580 g/mol. The first-order valence-electron chi connectivity index (χ1n) is 46.7. The van der Waals surface area contributed by atoms with E-state index in [1.54, 1.807) is 0 Å². The standard InChI is InChI=1S/C122H120BN5S/c1-115(2,3)77-39-31-38-75(60-77)76-44-52-97-107(61-76)128(112-89(73-34-27-25-28-35-73)68-84(122(22,23)24)69-90(112)74-36-29-26-30-37-74)110-72-86(125-101-56-47-80(118(10,11)12)64-93(101)94-65-81(119(13,14)15)48-57-102(94)125)71-109-111(110)123(97)98-53-51-85(124-99-54-45-78(116(4,5)6)62-91(99)92-63-79(117(7,8)9)46-55-100(92)124)70-108(98)127(109)106-43-33-41-88-87-40-32-42-105(113(87)129-114(88)106)126-103-58-49-82(120(16,17)18)66-95(103)96-67-83(121(19,20)21)50-59-104(96)126/h25-72H,1-24H3. The average molecular weight is 1700 g/mol. The minimum atomic E-state index is -0.287. The van der Waals surface area contributed by atoms with E-state index >= 15 is 0 Å². The lowest BCUT2D eigenvalue weighted by atomic mass is 9.33. The minimum Gasteiger partial charge on any atom is -0.310 e. The van der Waals surface area contributed by atoms with Crippen LogP contribution in [0, 0.1) is 0 Å². The van der Waals surface area contributed by atoms with Gasteiger partial charge in [0.15, 0.2) is 0 Å². The summed E-state index contributed by atoms with van der Waals surface area (Å²) in [5.41, 5.74) is 37.6. The summed E-state index contributed by atoms with van der Waals surface area (Å²) in [6, 6.07) is 116. The smallest absolute Gasteiger partial charge is 0.252 e. The number of hydrogen-bond donors (Lipinski definition) is 0. The molecule has 7 heteroatoms. The monoisotopic (exact) mass is 1700 g/mol. The van der Waals surface area contributed by atoms with Gasteiger partial charge in [-0.2, -0.15) is 0 Å². The van der Waals surface area contributed by atoms with E-state index < -0.39 is 0 Å². The maximum Gasteiger partial charge on any atom is 0.252 e. The Morgan fingerprint density at radius 3 is 0.946 bits per heavy atom. The number of anilines is 6. The lowest BCUT2D eigenvalue weighted by Crippen LogP contribution is -2.61. The highest BCUT2D eigenvalue weighted by molar-refractivity contribution is 7.27. The van der Waals surface area contributed by atoms with E-state index in [2.05, 4.69) is 481 Å². The van der Waals surface area contributed by atoms with Crippen molar-refractivity contribution in [1.82, 2.24) is 13.7 Å². The van der Waals surface area contributed by atoms with Crippen molar-refractivity contribution in [3.63, 3.8) is 0 Å². The summed E-state index contributed by atoms with van der Waals surface area (Å²) in [5, 5.41) is 10.0. The van der Waals surface area contributed by atoms with Crippen molar-refractivity contribution < 1.29 is 0 Å². The van der Waals surface area contributed by atoms with Crippen LogP contribution in [0.4, 0.5) is 34.1 Å². The molecule has 19 aromatic rings. The van der Waals surface area contributed by atoms with Gasteiger partial charge >= 0.3 is 0 Å². The van der Waals surface area contributed by atoms with Crippen molar-refractivity contribution in [2.45, 2.75) is 209 Å². The summed E-state index contributed by atoms with van der Waals surface area (Å²) in [4.78, 5) is 5.53. The molecule has 15 aromatic carbocycles. The van der Waals surface area contributed by atoms with Gasteiger partial charge in [-0.05, 0) is 254 Å². The van der Waals surface area contributed by atoms with Gasteiger partial charge in [0.2, 0.25) is 0 Å². The number of benzene rings is 15. The third-order valence-electron chi connectivity index (χ3n) is 28.4. The summed E-state index contributed by atoms with van der Waals surface area (Å²) in [6.45, 7) is 56.2. The average Bonchev–Trinajstić information content (AvgIpc) is 1.32. The number of thiophene rings is 1. The van der Waals surface area contributed by atoms with Crippen molar-refractivity contribution >= 4 is 154 Å². The van der Waals surface area contributed by atoms with Crippen molar-refractivity contribution in [3.05, 3.63) is 336 Å². The fraction of sp³-hybridized carbons (Fsp3) is 0.262. The summed E-state index contributed by atoms with van der Waals surface area (Å²) >= 11 is 1.94. The third kappa shape index (κ3) is 13.7. The van der Waals surface area contributed by atoms with E-state index in [-0.39, 0.29) is 50.0 Å². The van der Waals surface area contributed by atoms with Crippen LogP contribution >= 0.6 is 11.3 Å². The van der Waals surface area contributed by atoms with Gasteiger partial charge in [0.1, 0.15) is 0 Å². The zero-order valence-electron chi connectivity index (χ0n) is 79.9. The van der Waals surface area contributed by atoms with Gasteiger partial charge in [-0.1, -0.05) is 330 Å². The summed E-state index contributed by atoms with van der Waals surface area (Å²) < 4.78 is 10.3. The van der Waals surface area contributed by atoms with Gasteiger partial charge in [0, 0.05) is 82.7 Å². The highest BCUT2D eigenvalue weighted by Gasteiger charge is 2.47. The molecule has 21 rings (SSSR count). The Morgan fingerprint density at radius 2 is 0.535 bits per heavy atom. The van der Waals surface area contributed by atoms with Crippen LogP contribution in [0.1, 0.15) is 211 Å². The van der Waals surface area contributed by atoms with Crippen molar-refractivity contribution in [3.8, 4) is 50.4 Å². The first kappa shape index (κ1) is 83.5. The fourth-order valence-electron chi connectivity index (χ4n) is 20.9. The molecule has 0 saturated carbocycles. The number of nitrogens with zero attached hydrogens (tertiary/aromatic N) is 5. The molecule has 0 N–H and O–H groups in total. The molecule has 4 aromatic heterocycles. The molecule has 0 bridgehead atoms. The molecule has 642 valence electrons. The minimum absolute atomic E-state index is 0.0531. The van der Waals surface area contributed by atoms with Crippen LogP contribution in [-0.2, 0) is 43.3 Å². The Balaban J connectivity index is 0.946. The van der Waals surface area contributed by atoms with E-state index in [0.717, 1.165) is 73.2 Å². The second-order valence-corrected chi connectivity index (χ2v) is 46.6. The molecule has 0 fully saturated rings. The first-order chi connectivity index (χ1) is 61.0. The first-order valence-corrected chi connectivity index (χ1v) is 47.5. The molecule has 0 atom stereocenters. The summed E-state index contributed by atoms with van der Waals surface area (Å²) in [7, 11) is 0. The van der Waals surface area contributed by atoms with Crippen LogP contribution in [0.5, 0.6) is 0 Å². The van der Waals surface area contributed by atoms with Gasteiger partial charge in [0.25, 0.3) is 6.71 Å².